The Morgan fingerprint density at radius 3 is 2.80 bits per heavy atom. The lowest BCUT2D eigenvalue weighted by atomic mass is 10.1. The first-order valence-electron chi connectivity index (χ1n) is 4.67. The number of carbonyl (C=O) groups excluding carboxylic acids is 1. The maximum atomic E-state index is 10.9. The SMILES string of the molecule is O=C(O)/C=C\C(=O)O/C=C/C1CCNC1. The Labute approximate surface area is 87.4 Å². The van der Waals surface area contributed by atoms with Crippen LogP contribution in [0.1, 0.15) is 6.42 Å². The molecule has 0 aromatic rings. The van der Waals surface area contributed by atoms with Crippen molar-refractivity contribution in [3.63, 3.8) is 0 Å². The van der Waals surface area contributed by atoms with Gasteiger partial charge in [-0.15, -0.1) is 0 Å². The Kier molecular flexibility index (Phi) is 4.56. The number of hydrogen-bond acceptors (Lipinski definition) is 4. The molecule has 0 bridgehead atoms. The number of hydrogen-bond donors (Lipinski definition) is 2. The summed E-state index contributed by atoms with van der Waals surface area (Å²) in [6.45, 7) is 1.86. The molecular weight excluding hydrogens is 198 g/mol. The van der Waals surface area contributed by atoms with Gasteiger partial charge in [-0.2, -0.15) is 0 Å². The van der Waals surface area contributed by atoms with Gasteiger partial charge in [0.2, 0.25) is 0 Å². The molecule has 1 aliphatic heterocycles. The Bertz CT molecular complexity index is 290. The molecule has 0 aromatic carbocycles. The van der Waals surface area contributed by atoms with Crippen molar-refractivity contribution in [3.8, 4) is 0 Å². The topological polar surface area (TPSA) is 75.6 Å². The number of carboxylic acids is 1. The molecular formula is C10H13NO4. The van der Waals surface area contributed by atoms with E-state index in [1.165, 1.54) is 6.26 Å². The predicted molar refractivity (Wildman–Crippen MR) is 53.0 cm³/mol. The van der Waals surface area contributed by atoms with Crippen molar-refractivity contribution in [1.29, 1.82) is 0 Å². The predicted octanol–water partition coefficient (Wildman–Crippen LogP) is 0.294. The van der Waals surface area contributed by atoms with E-state index in [2.05, 4.69) is 10.1 Å². The molecule has 1 aliphatic rings. The first-order chi connectivity index (χ1) is 7.18. The van der Waals surface area contributed by atoms with E-state index in [0.717, 1.165) is 31.7 Å². The van der Waals surface area contributed by atoms with Crippen LogP contribution in [0.4, 0.5) is 0 Å². The number of nitrogens with one attached hydrogen (secondary N) is 1. The highest BCUT2D eigenvalue weighted by Gasteiger charge is 2.10. The van der Waals surface area contributed by atoms with E-state index in [4.69, 9.17) is 5.11 Å². The van der Waals surface area contributed by atoms with Crippen molar-refractivity contribution in [1.82, 2.24) is 5.32 Å². The van der Waals surface area contributed by atoms with Crippen molar-refractivity contribution >= 4 is 11.9 Å². The Morgan fingerprint density at radius 1 is 1.40 bits per heavy atom. The molecule has 1 heterocycles. The number of aliphatic carboxylic acids is 1. The number of carbonyl (C=O) groups is 2. The summed E-state index contributed by atoms with van der Waals surface area (Å²) in [5, 5.41) is 11.4. The highest BCUT2D eigenvalue weighted by atomic mass is 16.5. The second-order valence-corrected chi connectivity index (χ2v) is 3.19. The average Bonchev–Trinajstić information content (AvgIpc) is 2.67. The largest absolute Gasteiger partial charge is 0.478 e. The molecule has 0 saturated carbocycles. The fourth-order valence-corrected chi connectivity index (χ4v) is 1.24. The zero-order valence-corrected chi connectivity index (χ0v) is 8.18. The minimum absolute atomic E-state index is 0.390. The number of ether oxygens (including phenoxy) is 1. The summed E-state index contributed by atoms with van der Waals surface area (Å²) in [5.74, 6) is -1.46. The molecule has 1 atom stereocenters. The summed E-state index contributed by atoms with van der Waals surface area (Å²) in [6.07, 6.45) is 5.75. The van der Waals surface area contributed by atoms with Crippen molar-refractivity contribution in [3.05, 3.63) is 24.5 Å². The number of esters is 1. The summed E-state index contributed by atoms with van der Waals surface area (Å²) in [6, 6.07) is 0. The lowest BCUT2D eigenvalue weighted by Crippen LogP contribution is -2.07. The van der Waals surface area contributed by atoms with Gasteiger partial charge in [-0.25, -0.2) is 9.59 Å². The van der Waals surface area contributed by atoms with E-state index in [0.29, 0.717) is 5.92 Å². The van der Waals surface area contributed by atoms with E-state index in [1.54, 1.807) is 6.08 Å². The quantitative estimate of drug-likeness (QED) is 0.397. The Morgan fingerprint density at radius 2 is 2.20 bits per heavy atom. The normalized spacial score (nSPS) is 21.2. The van der Waals surface area contributed by atoms with Crippen molar-refractivity contribution < 1.29 is 19.4 Å². The van der Waals surface area contributed by atoms with E-state index >= 15 is 0 Å². The molecule has 1 saturated heterocycles. The molecule has 1 fully saturated rings. The van der Waals surface area contributed by atoms with Gasteiger partial charge in [0.05, 0.1) is 6.26 Å². The first kappa shape index (κ1) is 11.5. The van der Waals surface area contributed by atoms with Crippen LogP contribution >= 0.6 is 0 Å². The second-order valence-electron chi connectivity index (χ2n) is 3.19. The van der Waals surface area contributed by atoms with Gasteiger partial charge < -0.3 is 15.2 Å². The Balaban J connectivity index is 2.23. The van der Waals surface area contributed by atoms with Crippen LogP contribution in [0.2, 0.25) is 0 Å². The van der Waals surface area contributed by atoms with Gasteiger partial charge in [-0.1, -0.05) is 0 Å². The van der Waals surface area contributed by atoms with Crippen LogP contribution in [-0.2, 0) is 14.3 Å². The molecule has 2 N–H and O–H groups in total. The highest BCUT2D eigenvalue weighted by molar-refractivity contribution is 5.90. The number of rotatable bonds is 4. The number of carboxylic acid groups (broad SMARTS) is 1. The molecule has 5 nitrogen and oxygen atoms in total. The van der Waals surface area contributed by atoms with Gasteiger partial charge in [-0.05, 0) is 25.0 Å². The summed E-state index contributed by atoms with van der Waals surface area (Å²) in [5.41, 5.74) is 0. The van der Waals surface area contributed by atoms with Crippen LogP contribution in [0.15, 0.2) is 24.5 Å². The molecule has 1 rings (SSSR count). The van der Waals surface area contributed by atoms with Gasteiger partial charge in [0.1, 0.15) is 0 Å². The molecule has 0 radical (unpaired) electrons. The van der Waals surface area contributed by atoms with Crippen LogP contribution < -0.4 is 5.32 Å². The van der Waals surface area contributed by atoms with Crippen LogP contribution in [0.3, 0.4) is 0 Å². The average molecular weight is 211 g/mol. The standard InChI is InChI=1S/C10H13NO4/c12-9(13)1-2-10(14)15-6-4-8-3-5-11-7-8/h1-2,4,6,8,11H,3,5,7H2,(H,12,13)/b2-1-,6-4+. The summed E-state index contributed by atoms with van der Waals surface area (Å²) in [7, 11) is 0. The fraction of sp³-hybridized carbons (Fsp3) is 0.400. The maximum Gasteiger partial charge on any atom is 0.335 e. The molecule has 0 spiro atoms. The van der Waals surface area contributed by atoms with Crippen molar-refractivity contribution in [2.75, 3.05) is 13.1 Å². The molecule has 15 heavy (non-hydrogen) atoms. The maximum absolute atomic E-state index is 10.9. The van der Waals surface area contributed by atoms with Crippen molar-refractivity contribution in [2.45, 2.75) is 6.42 Å². The van der Waals surface area contributed by atoms with Gasteiger partial charge in [0, 0.05) is 18.7 Å². The summed E-state index contributed by atoms with van der Waals surface area (Å²) < 4.78 is 4.66. The monoisotopic (exact) mass is 211 g/mol. The smallest absolute Gasteiger partial charge is 0.335 e. The zero-order chi connectivity index (χ0) is 11.1. The van der Waals surface area contributed by atoms with E-state index in [1.807, 2.05) is 0 Å². The van der Waals surface area contributed by atoms with Gasteiger partial charge >= 0.3 is 11.9 Å². The third-order valence-electron chi connectivity index (χ3n) is 2.00. The van der Waals surface area contributed by atoms with E-state index in [-0.39, 0.29) is 0 Å². The third kappa shape index (κ3) is 4.97. The van der Waals surface area contributed by atoms with Gasteiger partial charge in [0.25, 0.3) is 0 Å². The molecule has 1 unspecified atom stereocenters. The fourth-order valence-electron chi connectivity index (χ4n) is 1.24. The zero-order valence-electron chi connectivity index (χ0n) is 8.18. The lowest BCUT2D eigenvalue weighted by molar-refractivity contribution is -0.134. The molecule has 0 aromatic heterocycles. The molecule has 0 amide bonds. The van der Waals surface area contributed by atoms with Crippen LogP contribution in [-0.4, -0.2) is 30.1 Å². The van der Waals surface area contributed by atoms with Crippen LogP contribution in [0.5, 0.6) is 0 Å². The van der Waals surface area contributed by atoms with Gasteiger partial charge in [0.15, 0.2) is 0 Å². The second kappa shape index (κ2) is 5.98. The van der Waals surface area contributed by atoms with E-state index < -0.39 is 11.9 Å². The minimum atomic E-state index is -1.17. The molecule has 5 heteroatoms. The minimum Gasteiger partial charge on any atom is -0.478 e. The van der Waals surface area contributed by atoms with E-state index in [9.17, 15) is 9.59 Å². The molecule has 82 valence electrons. The third-order valence-corrected chi connectivity index (χ3v) is 2.00. The van der Waals surface area contributed by atoms with Crippen LogP contribution in [0.25, 0.3) is 0 Å². The van der Waals surface area contributed by atoms with Crippen molar-refractivity contribution in [2.24, 2.45) is 5.92 Å². The molecule has 0 aliphatic carbocycles. The van der Waals surface area contributed by atoms with Gasteiger partial charge in [-0.3, -0.25) is 0 Å². The first-order valence-corrected chi connectivity index (χ1v) is 4.67. The van der Waals surface area contributed by atoms with Crippen LogP contribution in [0, 0.1) is 5.92 Å². The summed E-state index contributed by atoms with van der Waals surface area (Å²) >= 11 is 0. The Hall–Kier alpha value is -1.62. The summed E-state index contributed by atoms with van der Waals surface area (Å²) in [4.78, 5) is 20.9. The highest BCUT2D eigenvalue weighted by Crippen LogP contribution is 2.08. The lowest BCUT2D eigenvalue weighted by Gasteiger charge is -1.98.